The van der Waals surface area contributed by atoms with Gasteiger partial charge in [0.1, 0.15) is 18.3 Å². The Morgan fingerprint density at radius 1 is 1.27 bits per heavy atom. The van der Waals surface area contributed by atoms with Crippen molar-refractivity contribution >= 4 is 11.9 Å². The number of carboxylic acid groups (broad SMARTS) is 1. The van der Waals surface area contributed by atoms with Gasteiger partial charge in [0.25, 0.3) is 0 Å². The fraction of sp³-hybridized carbons (Fsp3) is 0.529. The Bertz CT molecular complexity index is 572. The van der Waals surface area contributed by atoms with Crippen molar-refractivity contribution in [2.75, 3.05) is 13.2 Å². The molecule has 0 saturated carbocycles. The van der Waals surface area contributed by atoms with Gasteiger partial charge in [-0.3, -0.25) is 9.59 Å². The van der Waals surface area contributed by atoms with Crippen LogP contribution in [0.25, 0.3) is 0 Å². The van der Waals surface area contributed by atoms with E-state index in [1.807, 2.05) is 29.2 Å². The zero-order valence-corrected chi connectivity index (χ0v) is 12.5. The number of hydrogen-bond acceptors (Lipinski definition) is 3. The molecule has 0 bridgehead atoms. The van der Waals surface area contributed by atoms with Crippen LogP contribution < -0.4 is 4.74 Å². The standard InChI is InChI=1S/C17H21NO4/c19-16(20)9-8-12-5-3-4-10-18(12)17(21)14-11-22-15-7-2-1-6-13(14)15/h1-2,6-7,12,14H,3-5,8-11H2,(H,19,20)/t12-,14-/m0/s1. The lowest BCUT2D eigenvalue weighted by Gasteiger charge is -2.37. The average molecular weight is 303 g/mol. The molecule has 0 spiro atoms. The summed E-state index contributed by atoms with van der Waals surface area (Å²) in [5.41, 5.74) is 0.954. The maximum Gasteiger partial charge on any atom is 0.303 e. The van der Waals surface area contributed by atoms with Crippen LogP contribution in [0.4, 0.5) is 0 Å². The third kappa shape index (κ3) is 2.93. The average Bonchev–Trinajstić information content (AvgIpc) is 2.96. The van der Waals surface area contributed by atoms with Crippen LogP contribution in [0.5, 0.6) is 5.75 Å². The van der Waals surface area contributed by atoms with E-state index < -0.39 is 5.97 Å². The van der Waals surface area contributed by atoms with E-state index in [-0.39, 0.29) is 24.3 Å². The van der Waals surface area contributed by atoms with Gasteiger partial charge < -0.3 is 14.7 Å². The molecule has 5 nitrogen and oxygen atoms in total. The molecule has 2 heterocycles. The SMILES string of the molecule is O=C(O)CC[C@@H]1CCCCN1C(=O)[C@H]1COc2ccccc21. The molecule has 0 aromatic heterocycles. The predicted molar refractivity (Wildman–Crippen MR) is 80.9 cm³/mol. The summed E-state index contributed by atoms with van der Waals surface area (Å²) < 4.78 is 5.61. The molecule has 2 atom stereocenters. The zero-order chi connectivity index (χ0) is 15.5. The Labute approximate surface area is 129 Å². The lowest BCUT2D eigenvalue weighted by molar-refractivity contribution is -0.140. The topological polar surface area (TPSA) is 66.8 Å². The zero-order valence-electron chi connectivity index (χ0n) is 12.5. The van der Waals surface area contributed by atoms with Gasteiger partial charge in [0.2, 0.25) is 5.91 Å². The van der Waals surface area contributed by atoms with Crippen molar-refractivity contribution in [2.45, 2.75) is 44.1 Å². The quantitative estimate of drug-likeness (QED) is 0.927. The smallest absolute Gasteiger partial charge is 0.303 e. The molecule has 1 amide bonds. The number of nitrogens with zero attached hydrogens (tertiary/aromatic N) is 1. The van der Waals surface area contributed by atoms with Crippen LogP contribution in [-0.4, -0.2) is 41.1 Å². The third-order valence-corrected chi connectivity index (χ3v) is 4.60. The minimum atomic E-state index is -0.799. The normalized spacial score (nSPS) is 23.7. The first kappa shape index (κ1) is 14.9. The van der Waals surface area contributed by atoms with E-state index in [2.05, 4.69) is 0 Å². The predicted octanol–water partition coefficient (Wildman–Crippen LogP) is 2.41. The summed E-state index contributed by atoms with van der Waals surface area (Å²) >= 11 is 0. The molecule has 1 aromatic rings. The largest absolute Gasteiger partial charge is 0.492 e. The highest BCUT2D eigenvalue weighted by molar-refractivity contribution is 5.86. The molecule has 1 fully saturated rings. The molecular formula is C17H21NO4. The van der Waals surface area contributed by atoms with Crippen LogP contribution in [-0.2, 0) is 9.59 Å². The number of fused-ring (bicyclic) bond motifs is 1. The number of aliphatic carboxylic acids is 1. The van der Waals surface area contributed by atoms with Crippen molar-refractivity contribution in [3.05, 3.63) is 29.8 Å². The number of benzene rings is 1. The number of para-hydroxylation sites is 1. The number of carbonyl (C=O) groups excluding carboxylic acids is 1. The number of carbonyl (C=O) groups is 2. The first-order valence-electron chi connectivity index (χ1n) is 7.91. The second kappa shape index (κ2) is 6.38. The van der Waals surface area contributed by atoms with Crippen LogP contribution >= 0.6 is 0 Å². The minimum absolute atomic E-state index is 0.0464. The van der Waals surface area contributed by atoms with E-state index in [4.69, 9.17) is 9.84 Å². The molecule has 1 saturated heterocycles. The highest BCUT2D eigenvalue weighted by atomic mass is 16.5. The molecule has 2 aliphatic heterocycles. The molecule has 22 heavy (non-hydrogen) atoms. The molecule has 0 unspecified atom stereocenters. The van der Waals surface area contributed by atoms with E-state index in [0.29, 0.717) is 13.0 Å². The van der Waals surface area contributed by atoms with E-state index in [1.165, 1.54) is 0 Å². The maximum absolute atomic E-state index is 12.9. The monoisotopic (exact) mass is 303 g/mol. The highest BCUT2D eigenvalue weighted by Crippen LogP contribution is 2.36. The highest BCUT2D eigenvalue weighted by Gasteiger charge is 2.36. The number of likely N-dealkylation sites (tertiary alicyclic amines) is 1. The Hall–Kier alpha value is -2.04. The van der Waals surface area contributed by atoms with Crippen LogP contribution in [0, 0.1) is 0 Å². The van der Waals surface area contributed by atoms with E-state index in [1.54, 1.807) is 0 Å². The molecule has 0 aliphatic carbocycles. The molecule has 2 aliphatic rings. The van der Waals surface area contributed by atoms with Gasteiger partial charge in [0.05, 0.1) is 0 Å². The number of ether oxygens (including phenoxy) is 1. The number of piperidine rings is 1. The summed E-state index contributed by atoms with van der Waals surface area (Å²) in [7, 11) is 0. The van der Waals surface area contributed by atoms with Gasteiger partial charge in [-0.25, -0.2) is 0 Å². The van der Waals surface area contributed by atoms with Crippen LogP contribution in [0.15, 0.2) is 24.3 Å². The first-order chi connectivity index (χ1) is 10.7. The number of hydrogen-bond donors (Lipinski definition) is 1. The van der Waals surface area contributed by atoms with E-state index in [9.17, 15) is 9.59 Å². The number of amides is 1. The Morgan fingerprint density at radius 2 is 2.09 bits per heavy atom. The van der Waals surface area contributed by atoms with Crippen LogP contribution in [0.1, 0.15) is 43.6 Å². The lowest BCUT2D eigenvalue weighted by atomic mass is 9.93. The Balaban J connectivity index is 1.74. The molecule has 1 N–H and O–H groups in total. The van der Waals surface area contributed by atoms with Gasteiger partial charge >= 0.3 is 5.97 Å². The second-order valence-electron chi connectivity index (χ2n) is 6.02. The van der Waals surface area contributed by atoms with Gasteiger partial charge in [-0.15, -0.1) is 0 Å². The van der Waals surface area contributed by atoms with Crippen molar-refractivity contribution in [3.8, 4) is 5.75 Å². The minimum Gasteiger partial charge on any atom is -0.492 e. The van der Waals surface area contributed by atoms with Gasteiger partial charge in [-0.2, -0.15) is 0 Å². The van der Waals surface area contributed by atoms with Gasteiger partial charge in [-0.1, -0.05) is 18.2 Å². The molecule has 5 heteroatoms. The number of carboxylic acids is 1. The number of rotatable bonds is 4. The second-order valence-corrected chi connectivity index (χ2v) is 6.02. The summed E-state index contributed by atoms with van der Waals surface area (Å²) in [4.78, 5) is 25.6. The van der Waals surface area contributed by atoms with Crippen molar-refractivity contribution in [2.24, 2.45) is 0 Å². The Kier molecular flexibility index (Phi) is 4.32. The lowest BCUT2D eigenvalue weighted by Crippen LogP contribution is -2.46. The summed E-state index contributed by atoms with van der Waals surface area (Å²) in [5.74, 6) is -0.172. The molecule has 0 radical (unpaired) electrons. The van der Waals surface area contributed by atoms with Gasteiger partial charge in [0.15, 0.2) is 0 Å². The Morgan fingerprint density at radius 3 is 2.91 bits per heavy atom. The van der Waals surface area contributed by atoms with Crippen molar-refractivity contribution < 1.29 is 19.4 Å². The maximum atomic E-state index is 12.9. The van der Waals surface area contributed by atoms with E-state index in [0.717, 1.165) is 37.1 Å². The van der Waals surface area contributed by atoms with Crippen molar-refractivity contribution in [1.29, 1.82) is 0 Å². The van der Waals surface area contributed by atoms with E-state index >= 15 is 0 Å². The fourth-order valence-electron chi connectivity index (χ4n) is 3.45. The molecular weight excluding hydrogens is 282 g/mol. The van der Waals surface area contributed by atoms with Crippen molar-refractivity contribution in [3.63, 3.8) is 0 Å². The van der Waals surface area contributed by atoms with Gasteiger partial charge in [0, 0.05) is 24.6 Å². The van der Waals surface area contributed by atoms with Crippen molar-refractivity contribution in [1.82, 2.24) is 4.90 Å². The van der Waals surface area contributed by atoms with Gasteiger partial charge in [-0.05, 0) is 31.7 Å². The summed E-state index contributed by atoms with van der Waals surface area (Å²) in [5, 5.41) is 8.89. The summed E-state index contributed by atoms with van der Waals surface area (Å²) in [6.07, 6.45) is 3.60. The fourth-order valence-corrected chi connectivity index (χ4v) is 3.45. The summed E-state index contributed by atoms with van der Waals surface area (Å²) in [6.45, 7) is 1.11. The van der Waals surface area contributed by atoms with Crippen LogP contribution in [0.2, 0.25) is 0 Å². The third-order valence-electron chi connectivity index (χ3n) is 4.60. The summed E-state index contributed by atoms with van der Waals surface area (Å²) in [6, 6.07) is 7.71. The molecule has 3 rings (SSSR count). The molecule has 118 valence electrons. The van der Waals surface area contributed by atoms with Crippen LogP contribution in [0.3, 0.4) is 0 Å². The first-order valence-corrected chi connectivity index (χ1v) is 7.91. The molecule has 1 aromatic carbocycles.